The van der Waals surface area contributed by atoms with Gasteiger partial charge in [0.15, 0.2) is 0 Å². The molecular weight excluding hydrogens is 482 g/mol. The molecule has 0 aliphatic carbocycles. The largest absolute Gasteiger partial charge is 0.489 e. The van der Waals surface area contributed by atoms with Crippen LogP contribution in [0.2, 0.25) is 0 Å². The molecule has 0 unspecified atom stereocenters. The minimum atomic E-state index is -0.230. The van der Waals surface area contributed by atoms with Gasteiger partial charge in [-0.2, -0.15) is 5.26 Å². The van der Waals surface area contributed by atoms with Gasteiger partial charge in [-0.3, -0.25) is 4.79 Å². The summed E-state index contributed by atoms with van der Waals surface area (Å²) in [6.45, 7) is 6.97. The van der Waals surface area contributed by atoms with Crippen LogP contribution in [0.4, 0.5) is 5.69 Å². The third-order valence-corrected chi connectivity index (χ3v) is 7.06. The molecule has 1 heterocycles. The highest BCUT2D eigenvalue weighted by Crippen LogP contribution is 2.26. The summed E-state index contributed by atoms with van der Waals surface area (Å²) in [4.78, 5) is 17.2. The number of rotatable bonds is 8. The molecule has 0 N–H and O–H groups in total. The fourth-order valence-corrected chi connectivity index (χ4v) is 5.00. The molecule has 5 nitrogen and oxygen atoms in total. The second-order valence-electron chi connectivity index (χ2n) is 9.57. The molecule has 0 spiro atoms. The maximum absolute atomic E-state index is 13.2. The van der Waals surface area contributed by atoms with E-state index in [0.29, 0.717) is 26.1 Å². The Morgan fingerprint density at radius 2 is 1.64 bits per heavy atom. The van der Waals surface area contributed by atoms with E-state index in [2.05, 4.69) is 53.9 Å². The number of para-hydroxylation sites is 1. The highest BCUT2D eigenvalue weighted by Gasteiger charge is 2.24. The summed E-state index contributed by atoms with van der Waals surface area (Å²) in [7, 11) is 0. The van der Waals surface area contributed by atoms with Gasteiger partial charge in [-0.25, -0.2) is 0 Å². The van der Waals surface area contributed by atoms with Gasteiger partial charge < -0.3 is 14.5 Å². The molecule has 1 amide bonds. The molecule has 0 aromatic heterocycles. The van der Waals surface area contributed by atoms with Crippen molar-refractivity contribution < 1.29 is 9.53 Å². The van der Waals surface area contributed by atoms with Crippen molar-refractivity contribution in [3.63, 3.8) is 0 Å². The molecule has 5 heteroatoms. The molecule has 1 saturated heterocycles. The lowest BCUT2D eigenvalue weighted by Crippen LogP contribution is -2.49. The Bertz CT molecular complexity index is 1540. The molecule has 1 aliphatic rings. The number of carbonyl (C=O) groups is 1. The first-order valence-corrected chi connectivity index (χ1v) is 13.2. The summed E-state index contributed by atoms with van der Waals surface area (Å²) in [5, 5.41) is 12.2. The van der Waals surface area contributed by atoms with Crippen LogP contribution in [-0.2, 0) is 17.8 Å². The molecule has 0 radical (unpaired) electrons. The number of carbonyl (C=O) groups excluding carboxylic acids is 1. The zero-order valence-corrected chi connectivity index (χ0v) is 21.9. The first-order chi connectivity index (χ1) is 19.2. The van der Waals surface area contributed by atoms with Crippen LogP contribution in [0.3, 0.4) is 0 Å². The predicted octanol–water partition coefficient (Wildman–Crippen LogP) is 6.40. The van der Waals surface area contributed by atoms with Crippen molar-refractivity contribution in [2.45, 2.75) is 13.0 Å². The number of ether oxygens (including phenoxy) is 1. The first-order valence-electron chi connectivity index (χ1n) is 13.2. The van der Waals surface area contributed by atoms with Gasteiger partial charge in [-0.1, -0.05) is 72.8 Å². The molecule has 0 atom stereocenters. The number of piperazine rings is 1. The smallest absolute Gasteiger partial charge is 0.264 e. The number of nitrogens with zero attached hydrogens (tertiary/aromatic N) is 3. The monoisotopic (exact) mass is 513 g/mol. The minimum absolute atomic E-state index is 0.136. The number of amides is 1. The van der Waals surface area contributed by atoms with E-state index < -0.39 is 0 Å². The Kier molecular flexibility index (Phi) is 8.04. The van der Waals surface area contributed by atoms with E-state index in [9.17, 15) is 10.1 Å². The van der Waals surface area contributed by atoms with Crippen molar-refractivity contribution in [1.29, 1.82) is 5.26 Å². The lowest BCUT2D eigenvalue weighted by atomic mass is 10.0. The molecule has 0 bridgehead atoms. The van der Waals surface area contributed by atoms with E-state index in [0.717, 1.165) is 41.2 Å². The number of hydrogen-bond acceptors (Lipinski definition) is 4. The summed E-state index contributed by atoms with van der Waals surface area (Å²) < 4.78 is 6.25. The van der Waals surface area contributed by atoms with E-state index in [1.165, 1.54) is 10.8 Å². The lowest BCUT2D eigenvalue weighted by Gasteiger charge is -2.36. The summed E-state index contributed by atoms with van der Waals surface area (Å²) in [6.07, 6.45) is 4.12. The van der Waals surface area contributed by atoms with Gasteiger partial charge in [-0.15, -0.1) is 6.58 Å². The van der Waals surface area contributed by atoms with Gasteiger partial charge in [0, 0.05) is 31.9 Å². The van der Waals surface area contributed by atoms with Gasteiger partial charge in [-0.05, 0) is 64.2 Å². The number of benzene rings is 4. The topological polar surface area (TPSA) is 56.6 Å². The van der Waals surface area contributed by atoms with Crippen molar-refractivity contribution in [3.8, 4) is 11.8 Å². The van der Waals surface area contributed by atoms with Gasteiger partial charge in [0.1, 0.15) is 24.0 Å². The predicted molar refractivity (Wildman–Crippen MR) is 157 cm³/mol. The van der Waals surface area contributed by atoms with Crippen LogP contribution in [0.25, 0.3) is 16.8 Å². The number of anilines is 1. The third kappa shape index (κ3) is 6.02. The second-order valence-corrected chi connectivity index (χ2v) is 9.57. The van der Waals surface area contributed by atoms with Gasteiger partial charge in [0.2, 0.25) is 0 Å². The van der Waals surface area contributed by atoms with Crippen LogP contribution < -0.4 is 9.64 Å². The Hall–Kier alpha value is -4.82. The number of hydrogen-bond donors (Lipinski definition) is 0. The zero-order chi connectivity index (χ0) is 27.0. The van der Waals surface area contributed by atoms with Crippen LogP contribution in [0.5, 0.6) is 5.75 Å². The molecule has 0 saturated carbocycles. The molecule has 1 aliphatic heterocycles. The Balaban J connectivity index is 1.29. The average Bonchev–Trinajstić information content (AvgIpc) is 3.00. The molecule has 39 heavy (non-hydrogen) atoms. The van der Waals surface area contributed by atoms with Crippen LogP contribution in [0.15, 0.2) is 109 Å². The van der Waals surface area contributed by atoms with Crippen molar-refractivity contribution >= 4 is 28.4 Å². The van der Waals surface area contributed by atoms with Crippen LogP contribution >= 0.6 is 0 Å². The molecule has 4 aromatic rings. The first kappa shape index (κ1) is 25.8. The van der Waals surface area contributed by atoms with Gasteiger partial charge in [0.05, 0.1) is 0 Å². The number of fused-ring (bicyclic) bond motifs is 1. The van der Waals surface area contributed by atoms with E-state index in [1.54, 1.807) is 11.0 Å². The van der Waals surface area contributed by atoms with Crippen LogP contribution in [0, 0.1) is 11.3 Å². The molecule has 194 valence electrons. The van der Waals surface area contributed by atoms with Crippen molar-refractivity contribution in [2.24, 2.45) is 0 Å². The average molecular weight is 514 g/mol. The fourth-order valence-electron chi connectivity index (χ4n) is 5.00. The normalized spacial score (nSPS) is 13.7. The quantitative estimate of drug-likeness (QED) is 0.155. The fraction of sp³-hybridized carbons (Fsp3) is 0.176. The Morgan fingerprint density at radius 3 is 2.41 bits per heavy atom. The van der Waals surface area contributed by atoms with E-state index in [-0.39, 0.29) is 11.5 Å². The third-order valence-electron chi connectivity index (χ3n) is 7.06. The van der Waals surface area contributed by atoms with Crippen molar-refractivity contribution in [1.82, 2.24) is 4.90 Å². The second kappa shape index (κ2) is 12.1. The van der Waals surface area contributed by atoms with Crippen molar-refractivity contribution in [2.75, 3.05) is 31.1 Å². The SMILES string of the molecule is C=CCc1cc(/C=C(/C#N)C(=O)N2CCN(c3ccccc3)CC2)ccc1OCc1cccc2ccccc12. The van der Waals surface area contributed by atoms with Crippen LogP contribution in [-0.4, -0.2) is 37.0 Å². The van der Waals surface area contributed by atoms with Crippen LogP contribution in [0.1, 0.15) is 16.7 Å². The number of nitriles is 1. The van der Waals surface area contributed by atoms with E-state index >= 15 is 0 Å². The summed E-state index contributed by atoms with van der Waals surface area (Å²) in [5.74, 6) is 0.536. The lowest BCUT2D eigenvalue weighted by molar-refractivity contribution is -0.126. The van der Waals surface area contributed by atoms with E-state index in [4.69, 9.17) is 4.74 Å². The summed E-state index contributed by atoms with van der Waals surface area (Å²) >= 11 is 0. The van der Waals surface area contributed by atoms with Crippen molar-refractivity contribution in [3.05, 3.63) is 126 Å². The van der Waals surface area contributed by atoms with E-state index in [1.807, 2.05) is 60.7 Å². The van der Waals surface area contributed by atoms with Gasteiger partial charge >= 0.3 is 0 Å². The summed E-state index contributed by atoms with van der Waals surface area (Å²) in [6, 6.07) is 32.6. The maximum Gasteiger partial charge on any atom is 0.264 e. The molecule has 5 rings (SSSR count). The molecule has 4 aromatic carbocycles. The highest BCUT2D eigenvalue weighted by molar-refractivity contribution is 6.01. The maximum atomic E-state index is 13.2. The standard InChI is InChI=1S/C34H31N3O2/c1-2-9-28-22-26(16-17-33(28)39-25-29-12-8-11-27-10-6-7-15-32(27)29)23-30(24-35)34(38)37-20-18-36(19-21-37)31-13-4-3-5-14-31/h2-8,10-17,22-23H,1,9,18-21,25H2/b30-23-. The minimum Gasteiger partial charge on any atom is -0.489 e. The highest BCUT2D eigenvalue weighted by atomic mass is 16.5. The molecule has 1 fully saturated rings. The summed E-state index contributed by atoms with van der Waals surface area (Å²) in [5.41, 5.74) is 4.15. The Morgan fingerprint density at radius 1 is 0.897 bits per heavy atom. The van der Waals surface area contributed by atoms with Gasteiger partial charge in [0.25, 0.3) is 5.91 Å². The Labute approximate surface area is 229 Å². The zero-order valence-electron chi connectivity index (χ0n) is 21.9. The number of allylic oxidation sites excluding steroid dienone is 1. The molecular formula is C34H31N3O2.